The highest BCUT2D eigenvalue weighted by Gasteiger charge is 2.20. The molecule has 1 rings (SSSR count). The van der Waals surface area contributed by atoms with Crippen LogP contribution >= 0.6 is 15.9 Å². The molecule has 0 aliphatic carbocycles. The highest BCUT2D eigenvalue weighted by atomic mass is 79.9. The monoisotopic (exact) mass is 347 g/mol. The van der Waals surface area contributed by atoms with Crippen molar-refractivity contribution in [1.82, 2.24) is 0 Å². The molecule has 4 nitrogen and oxygen atoms in total. The fraction of sp³-hybridized carbons (Fsp3) is 0.385. The number of hydrogen-bond acceptors (Lipinski definition) is 4. The number of nitrogens with zero attached hydrogens (tertiary/aromatic N) is 1. The summed E-state index contributed by atoms with van der Waals surface area (Å²) in [5.41, 5.74) is 0.699. The first-order valence-electron chi connectivity index (χ1n) is 5.74. The van der Waals surface area contributed by atoms with Crippen molar-refractivity contribution in [3.05, 3.63) is 28.8 Å². The molecule has 0 radical (unpaired) electrons. The topological polar surface area (TPSA) is 59.3 Å². The molecule has 0 aliphatic heterocycles. The van der Waals surface area contributed by atoms with Crippen LogP contribution in [-0.4, -0.2) is 19.2 Å². The molecule has 0 saturated heterocycles. The largest absolute Gasteiger partial charge is 0.466 e. The lowest BCUT2D eigenvalue weighted by Gasteiger charge is -2.14. The third-order valence-corrected chi connectivity index (χ3v) is 3.03. The van der Waals surface area contributed by atoms with E-state index in [0.29, 0.717) is 10.9 Å². The van der Waals surface area contributed by atoms with E-state index in [4.69, 9.17) is 10.00 Å². The Kier molecular flexibility index (Phi) is 6.39. The molecule has 7 heteroatoms. The number of benzene rings is 1. The van der Waals surface area contributed by atoms with Crippen LogP contribution in [0.4, 0.5) is 8.78 Å². The van der Waals surface area contributed by atoms with E-state index < -0.39 is 12.6 Å². The number of carbonyl (C=O) groups is 1. The molecular weight excluding hydrogens is 336 g/mol. The van der Waals surface area contributed by atoms with Crippen LogP contribution in [-0.2, 0) is 21.3 Å². The van der Waals surface area contributed by atoms with Crippen molar-refractivity contribution in [3.63, 3.8) is 0 Å². The zero-order valence-corrected chi connectivity index (χ0v) is 12.2. The second kappa shape index (κ2) is 7.80. The molecule has 108 valence electrons. The van der Waals surface area contributed by atoms with Crippen molar-refractivity contribution in [2.75, 3.05) is 6.61 Å². The maximum Gasteiger partial charge on any atom is 0.387 e. The summed E-state index contributed by atoms with van der Waals surface area (Å²) in [6.07, 6.45) is -0.229. The first kappa shape index (κ1) is 16.4. The maximum atomic E-state index is 12.5. The van der Waals surface area contributed by atoms with Gasteiger partial charge in [-0.3, -0.25) is 4.79 Å². The van der Waals surface area contributed by atoms with Crippen LogP contribution in [0.25, 0.3) is 0 Å². The predicted molar refractivity (Wildman–Crippen MR) is 70.8 cm³/mol. The van der Waals surface area contributed by atoms with Crippen molar-refractivity contribution < 1.29 is 23.0 Å². The summed E-state index contributed by atoms with van der Waals surface area (Å²) in [6.45, 7) is -1.24. The van der Waals surface area contributed by atoms with Gasteiger partial charge in [-0.15, -0.1) is 0 Å². The number of hydrogen-bond donors (Lipinski definition) is 0. The number of esters is 1. The van der Waals surface area contributed by atoms with E-state index in [-0.39, 0.29) is 29.9 Å². The number of rotatable bonds is 6. The minimum atomic E-state index is -3.08. The number of alkyl halides is 3. The van der Waals surface area contributed by atoms with Gasteiger partial charge in [0.2, 0.25) is 0 Å². The molecule has 0 spiro atoms. The maximum absolute atomic E-state index is 12.5. The minimum absolute atomic E-state index is 0.0102. The molecule has 0 bridgehead atoms. The highest BCUT2D eigenvalue weighted by molar-refractivity contribution is 9.08. The third kappa shape index (κ3) is 4.17. The first-order chi connectivity index (χ1) is 9.53. The van der Waals surface area contributed by atoms with Gasteiger partial charge in [0.15, 0.2) is 0 Å². The van der Waals surface area contributed by atoms with E-state index in [1.165, 1.54) is 6.07 Å². The summed E-state index contributed by atoms with van der Waals surface area (Å²) in [6, 6.07) is 4.89. The van der Waals surface area contributed by atoms with E-state index in [2.05, 4.69) is 20.7 Å². The van der Waals surface area contributed by atoms with Crippen LogP contribution in [0.1, 0.15) is 23.6 Å². The molecule has 0 aromatic heterocycles. The fourth-order valence-corrected chi connectivity index (χ4v) is 2.10. The summed E-state index contributed by atoms with van der Waals surface area (Å²) in [5.74, 6) is -0.838. The molecule has 0 aliphatic rings. The van der Waals surface area contributed by atoms with Gasteiger partial charge < -0.3 is 9.47 Å². The Balaban J connectivity index is 3.22. The number of nitriles is 1. The standard InChI is InChI=1S/C13H12BrF2NO3/c1-2-19-11(18)5-8-3-4-9(6-14)10(7-17)12(8)20-13(15)16/h3-4,13H,2,5-6H2,1H3. The quantitative estimate of drug-likeness (QED) is 0.585. The van der Waals surface area contributed by atoms with Gasteiger partial charge in [-0.2, -0.15) is 14.0 Å². The second-order valence-corrected chi connectivity index (χ2v) is 4.25. The molecule has 0 saturated carbocycles. The Morgan fingerprint density at radius 2 is 2.10 bits per heavy atom. The smallest absolute Gasteiger partial charge is 0.387 e. The molecule has 0 fully saturated rings. The van der Waals surface area contributed by atoms with E-state index in [1.54, 1.807) is 13.0 Å². The molecule has 1 aromatic carbocycles. The Morgan fingerprint density at radius 1 is 1.45 bits per heavy atom. The van der Waals surface area contributed by atoms with Crippen molar-refractivity contribution in [2.24, 2.45) is 0 Å². The lowest BCUT2D eigenvalue weighted by molar-refractivity contribution is -0.142. The molecule has 0 unspecified atom stereocenters. The lowest BCUT2D eigenvalue weighted by Crippen LogP contribution is -2.12. The fourth-order valence-electron chi connectivity index (χ4n) is 1.63. The van der Waals surface area contributed by atoms with Gasteiger partial charge in [-0.25, -0.2) is 0 Å². The number of ether oxygens (including phenoxy) is 2. The second-order valence-electron chi connectivity index (χ2n) is 3.69. The van der Waals surface area contributed by atoms with Crippen LogP contribution < -0.4 is 4.74 Å². The Labute approximate surface area is 123 Å². The minimum Gasteiger partial charge on any atom is -0.466 e. The van der Waals surface area contributed by atoms with Gasteiger partial charge >= 0.3 is 12.6 Å². The van der Waals surface area contributed by atoms with Crippen LogP contribution in [0.15, 0.2) is 12.1 Å². The van der Waals surface area contributed by atoms with Gasteiger partial charge in [-0.1, -0.05) is 28.1 Å². The average molecular weight is 348 g/mol. The summed E-state index contributed by atoms with van der Waals surface area (Å²) >= 11 is 3.16. The van der Waals surface area contributed by atoms with Gasteiger partial charge in [0.1, 0.15) is 11.8 Å². The Hall–Kier alpha value is -1.68. The summed E-state index contributed by atoms with van der Waals surface area (Å²) in [4.78, 5) is 11.4. The third-order valence-electron chi connectivity index (χ3n) is 2.43. The molecule has 20 heavy (non-hydrogen) atoms. The van der Waals surface area contributed by atoms with Crippen LogP contribution in [0.2, 0.25) is 0 Å². The van der Waals surface area contributed by atoms with E-state index in [1.807, 2.05) is 6.07 Å². The Morgan fingerprint density at radius 3 is 2.60 bits per heavy atom. The normalized spacial score (nSPS) is 10.2. The van der Waals surface area contributed by atoms with Crippen molar-refractivity contribution in [2.45, 2.75) is 25.3 Å². The van der Waals surface area contributed by atoms with Gasteiger partial charge in [0, 0.05) is 10.9 Å². The van der Waals surface area contributed by atoms with Crippen molar-refractivity contribution in [1.29, 1.82) is 5.26 Å². The first-order valence-corrected chi connectivity index (χ1v) is 6.86. The van der Waals surface area contributed by atoms with Gasteiger partial charge in [0.05, 0.1) is 18.6 Å². The zero-order valence-electron chi connectivity index (χ0n) is 10.7. The van der Waals surface area contributed by atoms with Gasteiger partial charge in [-0.05, 0) is 12.5 Å². The number of halogens is 3. The SMILES string of the molecule is CCOC(=O)Cc1ccc(CBr)c(C#N)c1OC(F)F. The van der Waals surface area contributed by atoms with Crippen LogP contribution in [0.5, 0.6) is 5.75 Å². The van der Waals surface area contributed by atoms with E-state index >= 15 is 0 Å². The number of carbonyl (C=O) groups excluding carboxylic acids is 1. The van der Waals surface area contributed by atoms with E-state index in [0.717, 1.165) is 0 Å². The summed E-state index contributed by atoms with van der Waals surface area (Å²) < 4.78 is 34.1. The zero-order chi connectivity index (χ0) is 15.1. The van der Waals surface area contributed by atoms with Crippen LogP contribution in [0.3, 0.4) is 0 Å². The van der Waals surface area contributed by atoms with Crippen molar-refractivity contribution in [3.8, 4) is 11.8 Å². The molecular formula is C13H12BrF2NO3. The van der Waals surface area contributed by atoms with Crippen LogP contribution in [0, 0.1) is 11.3 Å². The van der Waals surface area contributed by atoms with E-state index in [9.17, 15) is 13.6 Å². The molecule has 1 aromatic rings. The molecule has 0 amide bonds. The molecule has 0 atom stereocenters. The predicted octanol–water partition coefficient (Wildman–Crippen LogP) is 3.16. The van der Waals surface area contributed by atoms with Gasteiger partial charge in [0.25, 0.3) is 0 Å². The molecule has 0 heterocycles. The average Bonchev–Trinajstić information content (AvgIpc) is 2.40. The van der Waals surface area contributed by atoms with Crippen molar-refractivity contribution >= 4 is 21.9 Å². The summed E-state index contributed by atoms with van der Waals surface area (Å²) in [7, 11) is 0. The lowest BCUT2D eigenvalue weighted by atomic mass is 10.0. The molecule has 0 N–H and O–H groups in total. The highest BCUT2D eigenvalue weighted by Crippen LogP contribution is 2.30. The summed E-state index contributed by atoms with van der Waals surface area (Å²) in [5, 5.41) is 9.41. The Bertz CT molecular complexity index is 529.